The first-order valence-corrected chi connectivity index (χ1v) is 4.99. The Labute approximate surface area is 78.6 Å². The third kappa shape index (κ3) is 1.91. The summed E-state index contributed by atoms with van der Waals surface area (Å²) in [6.45, 7) is 1.58. The fourth-order valence-electron chi connectivity index (χ4n) is 1.78. The number of hydrogen-bond donors (Lipinski definition) is 1. The van der Waals surface area contributed by atoms with Gasteiger partial charge in [-0.25, -0.2) is 0 Å². The Hall–Kier alpha value is -0.830. The van der Waals surface area contributed by atoms with Crippen molar-refractivity contribution in [2.75, 3.05) is 13.1 Å². The van der Waals surface area contributed by atoms with Gasteiger partial charge in [0.2, 0.25) is 5.91 Å². The second-order valence-corrected chi connectivity index (χ2v) is 3.99. The standard InChI is InChI=1S/C10H16N2O/c11-9-4-5-12(7-9)10(13)6-8-2-1-3-8/h6,9H,1-5,7,11H2. The van der Waals surface area contributed by atoms with Crippen molar-refractivity contribution in [1.29, 1.82) is 0 Å². The Morgan fingerprint density at radius 1 is 1.54 bits per heavy atom. The first-order chi connectivity index (χ1) is 6.25. The van der Waals surface area contributed by atoms with Crippen molar-refractivity contribution in [3.8, 4) is 0 Å². The quantitative estimate of drug-likeness (QED) is 0.602. The first-order valence-electron chi connectivity index (χ1n) is 4.99. The van der Waals surface area contributed by atoms with Crippen LogP contribution >= 0.6 is 0 Å². The highest BCUT2D eigenvalue weighted by Gasteiger charge is 2.23. The molecule has 1 unspecified atom stereocenters. The van der Waals surface area contributed by atoms with Gasteiger partial charge < -0.3 is 10.6 Å². The fraction of sp³-hybridized carbons (Fsp3) is 0.700. The molecule has 1 aliphatic carbocycles. The Bertz CT molecular complexity index is 241. The molecule has 2 fully saturated rings. The van der Waals surface area contributed by atoms with Gasteiger partial charge in [-0.3, -0.25) is 4.79 Å². The Morgan fingerprint density at radius 2 is 2.31 bits per heavy atom. The Balaban J connectivity index is 1.90. The number of carbonyl (C=O) groups excluding carboxylic acids is 1. The molecule has 0 aromatic heterocycles. The van der Waals surface area contributed by atoms with E-state index in [2.05, 4.69) is 0 Å². The maximum absolute atomic E-state index is 11.6. The van der Waals surface area contributed by atoms with Crippen molar-refractivity contribution in [3.05, 3.63) is 11.6 Å². The second-order valence-electron chi connectivity index (χ2n) is 3.99. The number of nitrogens with two attached hydrogens (primary N) is 1. The van der Waals surface area contributed by atoms with E-state index in [1.54, 1.807) is 0 Å². The molecule has 2 rings (SSSR count). The molecule has 0 aromatic carbocycles. The minimum Gasteiger partial charge on any atom is -0.338 e. The number of amides is 1. The van der Waals surface area contributed by atoms with Gasteiger partial charge in [0.1, 0.15) is 0 Å². The lowest BCUT2D eigenvalue weighted by Crippen LogP contribution is -2.31. The minimum absolute atomic E-state index is 0.169. The predicted octanol–water partition coefficient (Wildman–Crippen LogP) is 0.656. The SMILES string of the molecule is NC1CCN(C(=O)C=C2CCC2)C1. The molecule has 0 radical (unpaired) electrons. The molecule has 1 heterocycles. The van der Waals surface area contributed by atoms with E-state index in [0.717, 1.165) is 32.4 Å². The summed E-state index contributed by atoms with van der Waals surface area (Å²) in [6.07, 6.45) is 6.24. The van der Waals surface area contributed by atoms with Gasteiger partial charge in [0, 0.05) is 25.2 Å². The van der Waals surface area contributed by atoms with Crippen molar-refractivity contribution in [1.82, 2.24) is 4.90 Å². The molecule has 2 aliphatic rings. The highest BCUT2D eigenvalue weighted by Crippen LogP contribution is 2.25. The predicted molar refractivity (Wildman–Crippen MR) is 51.1 cm³/mol. The molecule has 1 atom stereocenters. The topological polar surface area (TPSA) is 46.3 Å². The number of rotatable bonds is 1. The lowest BCUT2D eigenvalue weighted by Gasteiger charge is -2.18. The monoisotopic (exact) mass is 180 g/mol. The normalized spacial score (nSPS) is 27.3. The molecule has 1 aliphatic heterocycles. The molecule has 3 heteroatoms. The molecule has 2 N–H and O–H groups in total. The lowest BCUT2D eigenvalue weighted by molar-refractivity contribution is -0.125. The van der Waals surface area contributed by atoms with E-state index in [4.69, 9.17) is 5.73 Å². The van der Waals surface area contributed by atoms with Crippen LogP contribution in [0.3, 0.4) is 0 Å². The minimum atomic E-state index is 0.169. The smallest absolute Gasteiger partial charge is 0.246 e. The van der Waals surface area contributed by atoms with Crippen molar-refractivity contribution in [2.45, 2.75) is 31.7 Å². The van der Waals surface area contributed by atoms with Crippen LogP contribution in [0.1, 0.15) is 25.7 Å². The van der Waals surface area contributed by atoms with Gasteiger partial charge in [-0.05, 0) is 25.7 Å². The van der Waals surface area contributed by atoms with Crippen LogP contribution in [0.15, 0.2) is 11.6 Å². The lowest BCUT2D eigenvalue weighted by atomic mass is 9.92. The third-order valence-corrected chi connectivity index (χ3v) is 2.86. The molecule has 0 bridgehead atoms. The Kier molecular flexibility index (Phi) is 2.36. The van der Waals surface area contributed by atoms with Crippen LogP contribution in [0, 0.1) is 0 Å². The second kappa shape index (κ2) is 3.50. The molecule has 0 aromatic rings. The van der Waals surface area contributed by atoms with Crippen molar-refractivity contribution in [2.24, 2.45) is 5.73 Å². The van der Waals surface area contributed by atoms with Gasteiger partial charge >= 0.3 is 0 Å². The zero-order chi connectivity index (χ0) is 9.26. The van der Waals surface area contributed by atoms with Crippen molar-refractivity contribution < 1.29 is 4.79 Å². The van der Waals surface area contributed by atoms with Crippen LogP contribution in [-0.2, 0) is 4.79 Å². The maximum Gasteiger partial charge on any atom is 0.246 e. The number of likely N-dealkylation sites (tertiary alicyclic amines) is 1. The van der Waals surface area contributed by atoms with Crippen LogP contribution in [0.25, 0.3) is 0 Å². The molecule has 0 spiro atoms. The number of carbonyl (C=O) groups is 1. The summed E-state index contributed by atoms with van der Waals surface area (Å²) < 4.78 is 0. The highest BCUT2D eigenvalue weighted by molar-refractivity contribution is 5.88. The summed E-state index contributed by atoms with van der Waals surface area (Å²) >= 11 is 0. The molecular weight excluding hydrogens is 164 g/mol. The van der Waals surface area contributed by atoms with E-state index in [0.29, 0.717) is 0 Å². The van der Waals surface area contributed by atoms with Crippen molar-refractivity contribution in [3.63, 3.8) is 0 Å². The largest absolute Gasteiger partial charge is 0.338 e. The summed E-state index contributed by atoms with van der Waals surface area (Å²) in [5.41, 5.74) is 7.04. The van der Waals surface area contributed by atoms with Gasteiger partial charge in [-0.15, -0.1) is 0 Å². The number of hydrogen-bond acceptors (Lipinski definition) is 2. The van der Waals surface area contributed by atoms with Crippen LogP contribution in [0.2, 0.25) is 0 Å². The van der Waals surface area contributed by atoms with Gasteiger partial charge in [0.05, 0.1) is 0 Å². The number of allylic oxidation sites excluding steroid dienone is 1. The average Bonchev–Trinajstić information content (AvgIpc) is 2.44. The van der Waals surface area contributed by atoms with E-state index >= 15 is 0 Å². The van der Waals surface area contributed by atoms with E-state index in [1.165, 1.54) is 12.0 Å². The van der Waals surface area contributed by atoms with E-state index in [9.17, 15) is 4.79 Å². The molecular formula is C10H16N2O. The first kappa shape index (κ1) is 8.75. The molecule has 13 heavy (non-hydrogen) atoms. The maximum atomic E-state index is 11.6. The molecule has 1 saturated heterocycles. The van der Waals surface area contributed by atoms with Crippen LogP contribution in [-0.4, -0.2) is 29.9 Å². The summed E-state index contributed by atoms with van der Waals surface area (Å²) in [5, 5.41) is 0. The van der Waals surface area contributed by atoms with Gasteiger partial charge in [-0.2, -0.15) is 0 Å². The van der Waals surface area contributed by atoms with E-state index in [1.807, 2.05) is 11.0 Å². The summed E-state index contributed by atoms with van der Waals surface area (Å²) in [7, 11) is 0. The molecule has 1 saturated carbocycles. The summed E-state index contributed by atoms with van der Waals surface area (Å²) in [6, 6.07) is 0.198. The molecule has 72 valence electrons. The average molecular weight is 180 g/mol. The highest BCUT2D eigenvalue weighted by atomic mass is 16.2. The fourth-order valence-corrected chi connectivity index (χ4v) is 1.78. The van der Waals surface area contributed by atoms with Crippen LogP contribution < -0.4 is 5.73 Å². The third-order valence-electron chi connectivity index (χ3n) is 2.86. The summed E-state index contributed by atoms with van der Waals surface area (Å²) in [5.74, 6) is 0.169. The number of nitrogens with zero attached hydrogens (tertiary/aromatic N) is 1. The Morgan fingerprint density at radius 3 is 2.77 bits per heavy atom. The molecule has 1 amide bonds. The van der Waals surface area contributed by atoms with Gasteiger partial charge in [0.15, 0.2) is 0 Å². The zero-order valence-corrected chi connectivity index (χ0v) is 7.83. The van der Waals surface area contributed by atoms with Crippen molar-refractivity contribution >= 4 is 5.91 Å². The van der Waals surface area contributed by atoms with Crippen LogP contribution in [0.4, 0.5) is 0 Å². The van der Waals surface area contributed by atoms with Crippen LogP contribution in [0.5, 0.6) is 0 Å². The van der Waals surface area contributed by atoms with E-state index in [-0.39, 0.29) is 11.9 Å². The van der Waals surface area contributed by atoms with Gasteiger partial charge in [-0.1, -0.05) is 5.57 Å². The summed E-state index contributed by atoms with van der Waals surface area (Å²) in [4.78, 5) is 13.4. The van der Waals surface area contributed by atoms with E-state index < -0.39 is 0 Å². The van der Waals surface area contributed by atoms with Gasteiger partial charge in [0.25, 0.3) is 0 Å². The zero-order valence-electron chi connectivity index (χ0n) is 7.83. The molecule has 3 nitrogen and oxygen atoms in total.